The normalized spacial score (nSPS) is 9.86. The van der Waals surface area contributed by atoms with Crippen LogP contribution in [-0.2, 0) is 11.2 Å². The van der Waals surface area contributed by atoms with Crippen molar-refractivity contribution in [2.75, 3.05) is 18.5 Å². The number of carbonyl (C=O) groups is 1. The van der Waals surface area contributed by atoms with E-state index in [9.17, 15) is 4.79 Å². The third-order valence-electron chi connectivity index (χ3n) is 2.21. The fourth-order valence-electron chi connectivity index (χ4n) is 1.23. The summed E-state index contributed by atoms with van der Waals surface area (Å²) in [4.78, 5) is 12.5. The van der Waals surface area contributed by atoms with Crippen molar-refractivity contribution in [2.24, 2.45) is 0 Å². The summed E-state index contributed by atoms with van der Waals surface area (Å²) >= 11 is 0. The lowest BCUT2D eigenvalue weighted by atomic mass is 10.1. The minimum absolute atomic E-state index is 0.0934. The molecule has 0 amide bonds. The molecule has 1 N–H and O–H groups in total. The largest absolute Gasteiger partial charge is 0.481 e. The molecule has 0 aliphatic rings. The number of aliphatic carboxylic acids is 1. The number of carboxylic acids is 1. The monoisotopic (exact) mass is 193 g/mol. The average molecular weight is 193 g/mol. The molecule has 3 nitrogen and oxygen atoms in total. The van der Waals surface area contributed by atoms with Gasteiger partial charge >= 0.3 is 5.97 Å². The first-order valence-corrected chi connectivity index (χ1v) is 4.65. The van der Waals surface area contributed by atoms with E-state index < -0.39 is 5.97 Å². The van der Waals surface area contributed by atoms with Crippen LogP contribution in [0.25, 0.3) is 0 Å². The van der Waals surface area contributed by atoms with Gasteiger partial charge in [0.15, 0.2) is 0 Å². The Kier molecular flexibility index (Phi) is 3.51. The molecule has 1 rings (SSSR count). The number of hydrogen-bond donors (Lipinski definition) is 1. The molecule has 0 saturated heterocycles. The van der Waals surface area contributed by atoms with Crippen LogP contribution in [0.15, 0.2) is 24.3 Å². The highest BCUT2D eigenvalue weighted by Gasteiger charge is 2.01. The molecule has 0 atom stereocenters. The maximum Gasteiger partial charge on any atom is 0.307 e. The van der Waals surface area contributed by atoms with Crippen LogP contribution in [0.4, 0.5) is 5.69 Å². The lowest BCUT2D eigenvalue weighted by Gasteiger charge is -2.16. The molecule has 0 fully saturated rings. The Hall–Kier alpha value is -1.51. The van der Waals surface area contributed by atoms with Crippen molar-refractivity contribution in [2.45, 2.75) is 13.3 Å². The first-order valence-electron chi connectivity index (χ1n) is 4.65. The zero-order valence-corrected chi connectivity index (χ0v) is 8.53. The number of carboxylic acid groups (broad SMARTS) is 1. The van der Waals surface area contributed by atoms with E-state index in [1.807, 2.05) is 31.3 Å². The van der Waals surface area contributed by atoms with Crippen LogP contribution >= 0.6 is 0 Å². The lowest BCUT2D eigenvalue weighted by Crippen LogP contribution is -2.15. The van der Waals surface area contributed by atoms with Crippen LogP contribution in [0.5, 0.6) is 0 Å². The second-order valence-electron chi connectivity index (χ2n) is 3.25. The van der Waals surface area contributed by atoms with E-state index in [2.05, 4.69) is 11.8 Å². The third-order valence-corrected chi connectivity index (χ3v) is 2.21. The number of rotatable bonds is 4. The van der Waals surface area contributed by atoms with E-state index in [4.69, 9.17) is 5.11 Å². The fraction of sp³-hybridized carbons (Fsp3) is 0.364. The summed E-state index contributed by atoms with van der Waals surface area (Å²) in [6.45, 7) is 3.02. The van der Waals surface area contributed by atoms with Gasteiger partial charge in [-0.2, -0.15) is 0 Å². The Morgan fingerprint density at radius 1 is 1.36 bits per heavy atom. The quantitative estimate of drug-likeness (QED) is 0.792. The van der Waals surface area contributed by atoms with Gasteiger partial charge in [-0.15, -0.1) is 0 Å². The second kappa shape index (κ2) is 4.65. The molecule has 1 aromatic carbocycles. The Bertz CT molecular complexity index is 306. The van der Waals surface area contributed by atoms with Gasteiger partial charge < -0.3 is 10.0 Å². The van der Waals surface area contributed by atoms with Gasteiger partial charge in [0.2, 0.25) is 0 Å². The van der Waals surface area contributed by atoms with Crippen LogP contribution in [0.2, 0.25) is 0 Å². The van der Waals surface area contributed by atoms with E-state index in [-0.39, 0.29) is 6.42 Å². The van der Waals surface area contributed by atoms with Gasteiger partial charge in [0.05, 0.1) is 6.42 Å². The minimum Gasteiger partial charge on any atom is -0.481 e. The predicted molar refractivity (Wildman–Crippen MR) is 56.7 cm³/mol. The van der Waals surface area contributed by atoms with E-state index in [0.29, 0.717) is 0 Å². The van der Waals surface area contributed by atoms with Crippen molar-refractivity contribution in [3.05, 3.63) is 29.8 Å². The molecule has 0 heterocycles. The third kappa shape index (κ3) is 2.76. The van der Waals surface area contributed by atoms with Gasteiger partial charge in [0.1, 0.15) is 0 Å². The molecule has 0 aliphatic carbocycles. The standard InChI is InChI=1S/C11H15NO2/c1-3-12(2)10-6-4-9(5-7-10)8-11(13)14/h4-7H,3,8H2,1-2H3,(H,13,14). The average Bonchev–Trinajstić information content (AvgIpc) is 2.17. The maximum absolute atomic E-state index is 10.4. The number of anilines is 1. The molecule has 0 aliphatic heterocycles. The van der Waals surface area contributed by atoms with Crippen molar-refractivity contribution >= 4 is 11.7 Å². The molecule has 0 radical (unpaired) electrons. The summed E-state index contributed by atoms with van der Waals surface area (Å²) in [6, 6.07) is 7.61. The maximum atomic E-state index is 10.4. The molecule has 76 valence electrons. The summed E-state index contributed by atoms with van der Waals surface area (Å²) in [5, 5.41) is 8.58. The predicted octanol–water partition coefficient (Wildman–Crippen LogP) is 1.77. The molecule has 0 aromatic heterocycles. The highest BCUT2D eigenvalue weighted by atomic mass is 16.4. The van der Waals surface area contributed by atoms with Crippen LogP contribution in [0.3, 0.4) is 0 Å². The van der Waals surface area contributed by atoms with Crippen LogP contribution in [0, 0.1) is 0 Å². The van der Waals surface area contributed by atoms with Crippen molar-refractivity contribution in [1.29, 1.82) is 0 Å². The minimum atomic E-state index is -0.790. The topological polar surface area (TPSA) is 40.5 Å². The Morgan fingerprint density at radius 3 is 2.36 bits per heavy atom. The molecule has 0 spiro atoms. The van der Waals surface area contributed by atoms with Crippen molar-refractivity contribution in [1.82, 2.24) is 0 Å². The summed E-state index contributed by atoms with van der Waals surface area (Å²) in [7, 11) is 2.01. The molecule has 0 saturated carbocycles. The van der Waals surface area contributed by atoms with E-state index >= 15 is 0 Å². The number of nitrogens with zero attached hydrogens (tertiary/aromatic N) is 1. The molecule has 0 bridgehead atoms. The second-order valence-corrected chi connectivity index (χ2v) is 3.25. The van der Waals surface area contributed by atoms with Gasteiger partial charge in [0, 0.05) is 19.3 Å². The number of benzene rings is 1. The number of hydrogen-bond acceptors (Lipinski definition) is 2. The summed E-state index contributed by atoms with van der Waals surface area (Å²) in [5.41, 5.74) is 1.95. The summed E-state index contributed by atoms with van der Waals surface area (Å²) in [6.07, 6.45) is 0.0934. The van der Waals surface area contributed by atoms with Crippen molar-refractivity contribution in [3.8, 4) is 0 Å². The van der Waals surface area contributed by atoms with Crippen molar-refractivity contribution < 1.29 is 9.90 Å². The Morgan fingerprint density at radius 2 is 1.93 bits per heavy atom. The Labute approximate surface area is 84.0 Å². The zero-order valence-electron chi connectivity index (χ0n) is 8.53. The lowest BCUT2D eigenvalue weighted by molar-refractivity contribution is -0.136. The molecule has 0 unspecified atom stereocenters. The van der Waals surface area contributed by atoms with Gasteiger partial charge in [0.25, 0.3) is 0 Å². The van der Waals surface area contributed by atoms with Gasteiger partial charge in [-0.05, 0) is 24.6 Å². The molecular formula is C11H15NO2. The molecular weight excluding hydrogens is 178 g/mol. The first kappa shape index (κ1) is 10.6. The highest BCUT2D eigenvalue weighted by Crippen LogP contribution is 2.13. The fourth-order valence-corrected chi connectivity index (χ4v) is 1.23. The first-order chi connectivity index (χ1) is 6.63. The zero-order chi connectivity index (χ0) is 10.6. The molecule has 14 heavy (non-hydrogen) atoms. The Balaban J connectivity index is 2.73. The molecule has 1 aromatic rings. The van der Waals surface area contributed by atoms with E-state index in [0.717, 1.165) is 17.8 Å². The van der Waals surface area contributed by atoms with Crippen LogP contribution in [-0.4, -0.2) is 24.7 Å². The summed E-state index contributed by atoms with van der Waals surface area (Å²) in [5.74, 6) is -0.790. The van der Waals surface area contributed by atoms with E-state index in [1.165, 1.54) is 0 Å². The smallest absolute Gasteiger partial charge is 0.307 e. The van der Waals surface area contributed by atoms with Crippen LogP contribution < -0.4 is 4.90 Å². The highest BCUT2D eigenvalue weighted by molar-refractivity contribution is 5.70. The van der Waals surface area contributed by atoms with E-state index in [1.54, 1.807) is 0 Å². The van der Waals surface area contributed by atoms with Gasteiger partial charge in [-0.3, -0.25) is 4.79 Å². The van der Waals surface area contributed by atoms with Crippen LogP contribution in [0.1, 0.15) is 12.5 Å². The van der Waals surface area contributed by atoms with Gasteiger partial charge in [-0.25, -0.2) is 0 Å². The van der Waals surface area contributed by atoms with Crippen molar-refractivity contribution in [3.63, 3.8) is 0 Å². The molecule has 3 heteroatoms. The van der Waals surface area contributed by atoms with Gasteiger partial charge in [-0.1, -0.05) is 12.1 Å². The summed E-state index contributed by atoms with van der Waals surface area (Å²) < 4.78 is 0. The SMILES string of the molecule is CCN(C)c1ccc(CC(=O)O)cc1.